The fourth-order valence-electron chi connectivity index (χ4n) is 2.99. The first kappa shape index (κ1) is 14.4. The molecule has 0 saturated heterocycles. The molecule has 2 aromatic carbocycles. The normalized spacial score (nSPS) is 18.1. The van der Waals surface area contributed by atoms with Gasteiger partial charge in [-0.25, -0.2) is 0 Å². The molecule has 0 spiro atoms. The van der Waals surface area contributed by atoms with Gasteiger partial charge in [-0.05, 0) is 18.2 Å². The van der Waals surface area contributed by atoms with E-state index >= 15 is 0 Å². The fraction of sp³-hybridized carbons (Fsp3) is 0.0476. The predicted octanol–water partition coefficient (Wildman–Crippen LogP) is 2.91. The number of fused-ring (bicyclic) bond motifs is 2. The molecule has 0 bridgehead atoms. The summed E-state index contributed by atoms with van der Waals surface area (Å²) < 4.78 is 0. The van der Waals surface area contributed by atoms with Crippen LogP contribution in [0.25, 0.3) is 0 Å². The third-order valence-electron chi connectivity index (χ3n) is 4.18. The number of hydrogen-bond acceptors (Lipinski definition) is 3. The summed E-state index contributed by atoms with van der Waals surface area (Å²) in [5.74, 6) is 5.86. The van der Waals surface area contributed by atoms with Crippen molar-refractivity contribution in [1.82, 2.24) is 4.98 Å². The van der Waals surface area contributed by atoms with Crippen LogP contribution in [0.4, 0.5) is 0 Å². The Balaban J connectivity index is 1.97. The molecule has 4 rings (SSSR count). The van der Waals surface area contributed by atoms with Gasteiger partial charge in [0.2, 0.25) is 0 Å². The third kappa shape index (κ3) is 2.13. The first-order valence-electron chi connectivity index (χ1n) is 7.59. The number of aromatic nitrogens is 1. The highest BCUT2D eigenvalue weighted by molar-refractivity contribution is 6.13. The molecule has 1 aliphatic carbocycles. The molecule has 24 heavy (non-hydrogen) atoms. The average Bonchev–Trinajstić information content (AvgIpc) is 2.66. The molecule has 3 heteroatoms. The van der Waals surface area contributed by atoms with E-state index in [1.807, 2.05) is 30.3 Å². The first-order valence-corrected chi connectivity index (χ1v) is 7.59. The van der Waals surface area contributed by atoms with Gasteiger partial charge in [0.25, 0.3) is 0 Å². The Bertz CT molecular complexity index is 947. The van der Waals surface area contributed by atoms with E-state index in [-0.39, 0.29) is 5.78 Å². The maximum absolute atomic E-state index is 12.7. The van der Waals surface area contributed by atoms with Gasteiger partial charge < -0.3 is 5.11 Å². The molecule has 3 aromatic rings. The molecular weight excluding hydrogens is 298 g/mol. The lowest BCUT2D eigenvalue weighted by molar-refractivity contribution is 0.0979. The smallest absolute Gasteiger partial charge is 0.194 e. The lowest BCUT2D eigenvalue weighted by Gasteiger charge is -2.31. The summed E-state index contributed by atoms with van der Waals surface area (Å²) in [6.45, 7) is 0. The molecule has 1 heterocycles. The monoisotopic (exact) mass is 311 g/mol. The summed E-state index contributed by atoms with van der Waals surface area (Å²) >= 11 is 0. The van der Waals surface area contributed by atoms with Gasteiger partial charge in [-0.3, -0.25) is 9.78 Å². The third-order valence-corrected chi connectivity index (χ3v) is 4.18. The Kier molecular flexibility index (Phi) is 3.26. The summed E-state index contributed by atoms with van der Waals surface area (Å²) in [6, 6.07) is 18.1. The van der Waals surface area contributed by atoms with Crippen molar-refractivity contribution in [3.05, 3.63) is 101 Å². The van der Waals surface area contributed by atoms with Gasteiger partial charge in [-0.2, -0.15) is 0 Å². The molecule has 0 fully saturated rings. The summed E-state index contributed by atoms with van der Waals surface area (Å²) in [4.78, 5) is 16.8. The van der Waals surface area contributed by atoms with Crippen LogP contribution in [0.2, 0.25) is 0 Å². The lowest BCUT2D eigenvalue weighted by atomic mass is 9.75. The number of pyridine rings is 1. The van der Waals surface area contributed by atoms with Crippen LogP contribution in [0, 0.1) is 11.8 Å². The summed E-state index contributed by atoms with van der Waals surface area (Å²) in [5, 5.41) is 11.4. The molecule has 1 aliphatic rings. The van der Waals surface area contributed by atoms with E-state index in [9.17, 15) is 9.90 Å². The van der Waals surface area contributed by atoms with Crippen molar-refractivity contribution < 1.29 is 9.90 Å². The number of aliphatic hydroxyl groups is 1. The van der Waals surface area contributed by atoms with Gasteiger partial charge >= 0.3 is 0 Å². The molecule has 1 atom stereocenters. The van der Waals surface area contributed by atoms with Gasteiger partial charge in [0.05, 0.1) is 0 Å². The molecule has 1 aromatic heterocycles. The fourth-order valence-corrected chi connectivity index (χ4v) is 2.99. The maximum Gasteiger partial charge on any atom is 0.194 e. The van der Waals surface area contributed by atoms with E-state index in [4.69, 9.17) is 0 Å². The number of rotatable bonds is 0. The van der Waals surface area contributed by atoms with Crippen molar-refractivity contribution in [3.8, 4) is 11.8 Å². The highest BCUT2D eigenvalue weighted by atomic mass is 16.3. The van der Waals surface area contributed by atoms with Crippen LogP contribution >= 0.6 is 0 Å². The highest BCUT2D eigenvalue weighted by Gasteiger charge is 2.41. The zero-order valence-electron chi connectivity index (χ0n) is 12.7. The van der Waals surface area contributed by atoms with Gasteiger partial charge in [-0.15, -0.1) is 0 Å². The number of hydrogen-bond donors (Lipinski definition) is 1. The second kappa shape index (κ2) is 5.45. The Labute approximate surface area is 139 Å². The summed E-state index contributed by atoms with van der Waals surface area (Å²) in [6.07, 6.45) is 3.07. The number of carbonyl (C=O) groups is 1. The Morgan fingerprint density at radius 3 is 2.42 bits per heavy atom. The van der Waals surface area contributed by atoms with Crippen molar-refractivity contribution in [2.24, 2.45) is 0 Å². The van der Waals surface area contributed by atoms with Crippen LogP contribution in [0.1, 0.15) is 32.6 Å². The predicted molar refractivity (Wildman–Crippen MR) is 90.4 cm³/mol. The van der Waals surface area contributed by atoms with Crippen molar-refractivity contribution >= 4 is 5.78 Å². The molecular formula is C21H13NO2. The van der Waals surface area contributed by atoms with Crippen molar-refractivity contribution in [2.75, 3.05) is 0 Å². The highest BCUT2D eigenvalue weighted by Crippen LogP contribution is 2.39. The molecule has 0 radical (unpaired) electrons. The van der Waals surface area contributed by atoms with Crippen molar-refractivity contribution in [2.45, 2.75) is 5.60 Å². The van der Waals surface area contributed by atoms with E-state index in [0.717, 1.165) is 5.56 Å². The van der Waals surface area contributed by atoms with Gasteiger partial charge in [0.15, 0.2) is 11.4 Å². The minimum atomic E-state index is -1.57. The van der Waals surface area contributed by atoms with E-state index in [1.54, 1.807) is 36.5 Å². The largest absolute Gasteiger partial charge is 0.369 e. The van der Waals surface area contributed by atoms with Crippen LogP contribution in [0.3, 0.4) is 0 Å². The van der Waals surface area contributed by atoms with Crippen molar-refractivity contribution in [1.29, 1.82) is 0 Å². The topological polar surface area (TPSA) is 50.2 Å². The molecule has 0 amide bonds. The zero-order valence-corrected chi connectivity index (χ0v) is 12.7. The molecule has 114 valence electrons. The summed E-state index contributed by atoms with van der Waals surface area (Å²) in [5.41, 5.74) is 1.07. The maximum atomic E-state index is 12.7. The molecule has 1 N–H and O–H groups in total. The van der Waals surface area contributed by atoms with Crippen LogP contribution in [-0.4, -0.2) is 15.9 Å². The van der Waals surface area contributed by atoms with E-state index in [1.165, 1.54) is 6.20 Å². The molecule has 1 unspecified atom stereocenters. The van der Waals surface area contributed by atoms with Gasteiger partial charge in [0.1, 0.15) is 0 Å². The first-order chi connectivity index (χ1) is 11.7. The van der Waals surface area contributed by atoms with Gasteiger partial charge in [-0.1, -0.05) is 54.3 Å². The van der Waals surface area contributed by atoms with E-state index in [0.29, 0.717) is 22.3 Å². The Morgan fingerprint density at radius 1 is 0.875 bits per heavy atom. The van der Waals surface area contributed by atoms with E-state index in [2.05, 4.69) is 16.8 Å². The zero-order chi connectivity index (χ0) is 16.6. The second-order valence-electron chi connectivity index (χ2n) is 5.62. The minimum absolute atomic E-state index is 0.116. The Morgan fingerprint density at radius 2 is 1.58 bits per heavy atom. The van der Waals surface area contributed by atoms with Crippen LogP contribution in [-0.2, 0) is 5.60 Å². The number of carbonyl (C=O) groups excluding carboxylic acids is 1. The summed E-state index contributed by atoms with van der Waals surface area (Å²) in [7, 11) is 0. The second-order valence-corrected chi connectivity index (χ2v) is 5.62. The standard InChI is InChI=1S/C21H13NO2/c23-20-16-8-4-5-9-18(16)21(24,19-14-22-13-11-17(19)20)12-10-15-6-2-1-3-7-15/h1-9,11,13-14,24H. The minimum Gasteiger partial charge on any atom is -0.369 e. The average molecular weight is 311 g/mol. The number of ketones is 1. The van der Waals surface area contributed by atoms with Crippen LogP contribution in [0.5, 0.6) is 0 Å². The van der Waals surface area contributed by atoms with Crippen LogP contribution in [0.15, 0.2) is 73.1 Å². The number of nitrogens with zero attached hydrogens (tertiary/aromatic N) is 1. The van der Waals surface area contributed by atoms with Gasteiger partial charge in [0, 0.05) is 40.2 Å². The lowest BCUT2D eigenvalue weighted by Crippen LogP contribution is -2.34. The van der Waals surface area contributed by atoms with Crippen molar-refractivity contribution in [3.63, 3.8) is 0 Å². The SMILES string of the molecule is O=C1c2ccccc2C(O)(C#Cc2ccccc2)c2cnccc21. The molecule has 0 aliphatic heterocycles. The quantitative estimate of drug-likeness (QED) is 0.650. The Hall–Kier alpha value is -3.22. The van der Waals surface area contributed by atoms with E-state index < -0.39 is 5.60 Å². The molecule has 3 nitrogen and oxygen atoms in total. The molecule has 0 saturated carbocycles. The number of benzene rings is 2. The van der Waals surface area contributed by atoms with Crippen LogP contribution < -0.4 is 0 Å².